The van der Waals surface area contributed by atoms with Crippen LogP contribution in [0.1, 0.15) is 26.3 Å². The molecule has 2 rings (SSSR count). The summed E-state index contributed by atoms with van der Waals surface area (Å²) in [6, 6.07) is 10.0. The highest BCUT2D eigenvalue weighted by atomic mass is 16.6. The predicted molar refractivity (Wildman–Crippen MR) is 85.7 cm³/mol. The molecule has 5 nitrogen and oxygen atoms in total. The van der Waals surface area contributed by atoms with E-state index in [9.17, 15) is 4.79 Å². The lowest BCUT2D eigenvalue weighted by molar-refractivity contribution is -0.00652. The minimum Gasteiger partial charge on any atom is -0.444 e. The van der Waals surface area contributed by atoms with E-state index in [1.54, 1.807) is 4.90 Å². The van der Waals surface area contributed by atoms with Crippen molar-refractivity contribution in [2.75, 3.05) is 26.2 Å². The molecule has 0 unspecified atom stereocenters. The molecule has 0 saturated carbocycles. The van der Waals surface area contributed by atoms with E-state index in [4.69, 9.17) is 9.47 Å². The smallest absolute Gasteiger partial charge is 0.410 e. The van der Waals surface area contributed by atoms with Crippen LogP contribution in [0.15, 0.2) is 30.3 Å². The van der Waals surface area contributed by atoms with Gasteiger partial charge in [0.2, 0.25) is 0 Å². The van der Waals surface area contributed by atoms with Gasteiger partial charge in [0.25, 0.3) is 0 Å². The minimum atomic E-state index is -0.475. The average Bonchev–Trinajstić information content (AvgIpc) is 2.47. The van der Waals surface area contributed by atoms with Gasteiger partial charge in [-0.15, -0.1) is 0 Å². The van der Waals surface area contributed by atoms with Gasteiger partial charge in [0.05, 0.1) is 19.3 Å². The lowest BCUT2D eigenvalue weighted by atomic mass is 10.2. The maximum atomic E-state index is 12.3. The fraction of sp³-hybridized carbons (Fsp3) is 0.588. The van der Waals surface area contributed by atoms with Gasteiger partial charge in [-0.2, -0.15) is 0 Å². The summed E-state index contributed by atoms with van der Waals surface area (Å²) in [6.07, 6.45) is -0.262. The Labute approximate surface area is 132 Å². The fourth-order valence-corrected chi connectivity index (χ4v) is 2.36. The SMILES string of the molecule is CC(C)(C)OC(=O)N1CCNC[C@H]1COCc1ccccc1. The van der Waals surface area contributed by atoms with Crippen molar-refractivity contribution in [3.63, 3.8) is 0 Å². The Balaban J connectivity index is 1.85. The van der Waals surface area contributed by atoms with Crippen LogP contribution in [0.2, 0.25) is 0 Å². The van der Waals surface area contributed by atoms with Crippen LogP contribution in [0.5, 0.6) is 0 Å². The van der Waals surface area contributed by atoms with E-state index in [0.29, 0.717) is 19.8 Å². The summed E-state index contributed by atoms with van der Waals surface area (Å²) in [7, 11) is 0. The molecule has 0 aliphatic carbocycles. The normalized spacial score (nSPS) is 19.0. The lowest BCUT2D eigenvalue weighted by Crippen LogP contribution is -2.56. The van der Waals surface area contributed by atoms with Gasteiger partial charge in [-0.25, -0.2) is 4.79 Å². The third-order valence-electron chi connectivity index (χ3n) is 3.40. The molecule has 1 atom stereocenters. The molecular formula is C17H26N2O3. The van der Waals surface area contributed by atoms with Gasteiger partial charge in [0, 0.05) is 19.6 Å². The second kappa shape index (κ2) is 7.61. The third-order valence-corrected chi connectivity index (χ3v) is 3.40. The first kappa shape index (κ1) is 16.8. The molecule has 1 saturated heterocycles. The summed E-state index contributed by atoms with van der Waals surface area (Å²) in [4.78, 5) is 14.0. The van der Waals surface area contributed by atoms with Crippen molar-refractivity contribution in [3.8, 4) is 0 Å². The van der Waals surface area contributed by atoms with Crippen LogP contribution in [0.3, 0.4) is 0 Å². The van der Waals surface area contributed by atoms with Crippen molar-refractivity contribution in [1.82, 2.24) is 10.2 Å². The van der Waals surface area contributed by atoms with Gasteiger partial charge < -0.3 is 19.7 Å². The summed E-state index contributed by atoms with van der Waals surface area (Å²) < 4.78 is 11.3. The monoisotopic (exact) mass is 306 g/mol. The van der Waals surface area contributed by atoms with Gasteiger partial charge in [-0.1, -0.05) is 30.3 Å². The highest BCUT2D eigenvalue weighted by Gasteiger charge is 2.30. The molecule has 1 aromatic carbocycles. The largest absolute Gasteiger partial charge is 0.444 e. The van der Waals surface area contributed by atoms with E-state index >= 15 is 0 Å². The van der Waals surface area contributed by atoms with Crippen molar-refractivity contribution >= 4 is 6.09 Å². The quantitative estimate of drug-likeness (QED) is 0.928. The number of carbonyl (C=O) groups is 1. The third kappa shape index (κ3) is 5.31. The van der Waals surface area contributed by atoms with Crippen LogP contribution in [-0.2, 0) is 16.1 Å². The molecule has 1 N–H and O–H groups in total. The molecule has 0 radical (unpaired) electrons. The highest BCUT2D eigenvalue weighted by molar-refractivity contribution is 5.68. The number of benzene rings is 1. The second-order valence-corrected chi connectivity index (χ2v) is 6.53. The van der Waals surface area contributed by atoms with Crippen LogP contribution in [-0.4, -0.2) is 48.9 Å². The maximum absolute atomic E-state index is 12.3. The molecule has 1 aliphatic rings. The van der Waals surface area contributed by atoms with E-state index < -0.39 is 5.60 Å². The average molecular weight is 306 g/mol. The first-order chi connectivity index (χ1) is 10.5. The number of hydrogen-bond donors (Lipinski definition) is 1. The van der Waals surface area contributed by atoms with Crippen LogP contribution in [0, 0.1) is 0 Å². The van der Waals surface area contributed by atoms with Crippen LogP contribution in [0.4, 0.5) is 4.79 Å². The van der Waals surface area contributed by atoms with E-state index in [1.807, 2.05) is 51.1 Å². The number of nitrogens with one attached hydrogen (secondary N) is 1. The maximum Gasteiger partial charge on any atom is 0.410 e. The Kier molecular flexibility index (Phi) is 5.80. The Bertz CT molecular complexity index is 471. The Morgan fingerprint density at radius 1 is 1.32 bits per heavy atom. The van der Waals surface area contributed by atoms with E-state index in [0.717, 1.165) is 18.7 Å². The Morgan fingerprint density at radius 2 is 2.05 bits per heavy atom. The van der Waals surface area contributed by atoms with Gasteiger partial charge >= 0.3 is 6.09 Å². The number of hydrogen-bond acceptors (Lipinski definition) is 4. The second-order valence-electron chi connectivity index (χ2n) is 6.53. The molecule has 122 valence electrons. The summed E-state index contributed by atoms with van der Waals surface area (Å²) in [6.45, 7) is 8.87. The summed E-state index contributed by atoms with van der Waals surface area (Å²) in [5, 5.41) is 3.30. The van der Waals surface area contributed by atoms with Crippen molar-refractivity contribution in [2.24, 2.45) is 0 Å². The van der Waals surface area contributed by atoms with E-state index in [2.05, 4.69) is 5.32 Å². The van der Waals surface area contributed by atoms with Crippen molar-refractivity contribution < 1.29 is 14.3 Å². The molecule has 0 bridgehead atoms. The highest BCUT2D eigenvalue weighted by Crippen LogP contribution is 2.14. The summed E-state index contributed by atoms with van der Waals surface area (Å²) in [5.74, 6) is 0. The molecule has 1 aromatic rings. The molecule has 0 spiro atoms. The van der Waals surface area contributed by atoms with Crippen molar-refractivity contribution in [2.45, 2.75) is 39.0 Å². The Hall–Kier alpha value is -1.59. The van der Waals surface area contributed by atoms with Gasteiger partial charge in [0.1, 0.15) is 5.60 Å². The van der Waals surface area contributed by atoms with Gasteiger partial charge in [0.15, 0.2) is 0 Å². The molecule has 22 heavy (non-hydrogen) atoms. The predicted octanol–water partition coefficient (Wildman–Crippen LogP) is 2.41. The van der Waals surface area contributed by atoms with Crippen LogP contribution >= 0.6 is 0 Å². The molecule has 1 heterocycles. The lowest BCUT2D eigenvalue weighted by Gasteiger charge is -2.36. The van der Waals surface area contributed by atoms with Gasteiger partial charge in [-0.3, -0.25) is 0 Å². The molecule has 0 aromatic heterocycles. The fourth-order valence-electron chi connectivity index (χ4n) is 2.36. The molecule has 1 aliphatic heterocycles. The number of nitrogens with zero attached hydrogens (tertiary/aromatic N) is 1. The summed E-state index contributed by atoms with van der Waals surface area (Å²) in [5.41, 5.74) is 0.660. The number of amides is 1. The molecule has 5 heteroatoms. The Morgan fingerprint density at radius 3 is 2.73 bits per heavy atom. The zero-order valence-electron chi connectivity index (χ0n) is 13.7. The summed E-state index contributed by atoms with van der Waals surface area (Å²) >= 11 is 0. The number of piperazine rings is 1. The molecular weight excluding hydrogens is 280 g/mol. The van der Waals surface area contributed by atoms with Crippen molar-refractivity contribution in [3.05, 3.63) is 35.9 Å². The van der Waals surface area contributed by atoms with Gasteiger partial charge in [-0.05, 0) is 26.3 Å². The zero-order valence-corrected chi connectivity index (χ0v) is 13.7. The number of rotatable bonds is 4. The van der Waals surface area contributed by atoms with E-state index in [1.165, 1.54) is 0 Å². The zero-order chi connectivity index (χ0) is 16.0. The topological polar surface area (TPSA) is 50.8 Å². The first-order valence-corrected chi connectivity index (χ1v) is 7.78. The number of ether oxygens (including phenoxy) is 2. The molecule has 1 fully saturated rings. The number of carbonyl (C=O) groups excluding carboxylic acids is 1. The van der Waals surface area contributed by atoms with E-state index in [-0.39, 0.29) is 12.1 Å². The van der Waals surface area contributed by atoms with Crippen LogP contribution < -0.4 is 5.32 Å². The standard InChI is InChI=1S/C17H26N2O3/c1-17(2,3)22-16(20)19-10-9-18-11-15(19)13-21-12-14-7-5-4-6-8-14/h4-8,15,18H,9-13H2,1-3H3/t15-/m0/s1. The first-order valence-electron chi connectivity index (χ1n) is 7.78. The molecule has 1 amide bonds. The van der Waals surface area contributed by atoms with Crippen LogP contribution in [0.25, 0.3) is 0 Å². The van der Waals surface area contributed by atoms with Crippen molar-refractivity contribution in [1.29, 1.82) is 0 Å². The minimum absolute atomic E-state index is 0.00677.